The number of fused-ring (bicyclic) bond motifs is 1. The number of pyridine rings is 1. The Bertz CT molecular complexity index is 1060. The molecule has 7 nitrogen and oxygen atoms in total. The topological polar surface area (TPSA) is 95.6 Å². The van der Waals surface area contributed by atoms with E-state index in [1.54, 1.807) is 0 Å². The normalized spacial score (nSPS) is 14.6. The molecule has 0 aliphatic heterocycles. The van der Waals surface area contributed by atoms with E-state index in [0.717, 1.165) is 42.1 Å². The van der Waals surface area contributed by atoms with Gasteiger partial charge in [0.2, 0.25) is 0 Å². The van der Waals surface area contributed by atoms with Gasteiger partial charge in [0.05, 0.1) is 11.7 Å². The van der Waals surface area contributed by atoms with E-state index in [4.69, 9.17) is 0 Å². The first kappa shape index (κ1) is 18.0. The van der Waals surface area contributed by atoms with Crippen LogP contribution in [0.2, 0.25) is 0 Å². The van der Waals surface area contributed by atoms with Crippen molar-refractivity contribution in [3.63, 3.8) is 0 Å². The largest absolute Gasteiger partial charge is 0.335 e. The number of para-hydroxylation sites is 1. The number of urea groups is 1. The van der Waals surface area contributed by atoms with Crippen LogP contribution in [-0.2, 0) is 0 Å². The average molecular weight is 374 g/mol. The van der Waals surface area contributed by atoms with Crippen molar-refractivity contribution in [1.29, 1.82) is 5.26 Å². The van der Waals surface area contributed by atoms with E-state index in [2.05, 4.69) is 26.8 Å². The lowest BCUT2D eigenvalue weighted by Gasteiger charge is -2.23. The van der Waals surface area contributed by atoms with E-state index in [9.17, 15) is 10.1 Å². The molecular formula is C21H22N6O. The number of amides is 2. The molecule has 28 heavy (non-hydrogen) atoms. The van der Waals surface area contributed by atoms with Gasteiger partial charge in [0.1, 0.15) is 11.6 Å². The van der Waals surface area contributed by atoms with Gasteiger partial charge in [-0.25, -0.2) is 9.78 Å². The zero-order chi connectivity index (χ0) is 19.5. The number of nitriles is 1. The van der Waals surface area contributed by atoms with Crippen LogP contribution in [0.5, 0.6) is 0 Å². The number of carbonyl (C=O) groups excluding carboxylic acids is 1. The summed E-state index contributed by atoms with van der Waals surface area (Å²) in [5, 5.41) is 20.6. The third-order valence-corrected chi connectivity index (χ3v) is 5.19. The molecule has 0 spiro atoms. The van der Waals surface area contributed by atoms with Gasteiger partial charge in [0, 0.05) is 11.4 Å². The molecule has 2 aromatic heterocycles. The molecule has 0 unspecified atom stereocenters. The van der Waals surface area contributed by atoms with Crippen LogP contribution in [0.4, 0.5) is 10.6 Å². The highest BCUT2D eigenvalue weighted by atomic mass is 16.2. The predicted molar refractivity (Wildman–Crippen MR) is 107 cm³/mol. The summed E-state index contributed by atoms with van der Waals surface area (Å²) in [6.45, 7) is 2.01. The molecule has 0 bridgehead atoms. The van der Waals surface area contributed by atoms with Crippen molar-refractivity contribution in [2.24, 2.45) is 0 Å². The summed E-state index contributed by atoms with van der Waals surface area (Å²) in [7, 11) is 0. The maximum Gasteiger partial charge on any atom is 0.320 e. The molecule has 1 aliphatic carbocycles. The predicted octanol–water partition coefficient (Wildman–Crippen LogP) is 4.05. The van der Waals surface area contributed by atoms with Crippen LogP contribution >= 0.6 is 0 Å². The van der Waals surface area contributed by atoms with Gasteiger partial charge in [-0.05, 0) is 37.5 Å². The number of hydrogen-bond donors (Lipinski definition) is 2. The van der Waals surface area contributed by atoms with E-state index in [1.165, 1.54) is 17.3 Å². The number of benzene rings is 1. The van der Waals surface area contributed by atoms with Gasteiger partial charge in [0.15, 0.2) is 11.6 Å². The standard InChI is InChI=1S/C21H22N6O/c1-14-11-19(25-18-10-6-5-9-17(14)18)27-20(15(12-22)13-23-27)26-21(28)24-16-7-3-2-4-8-16/h5-6,9-11,13,16H,2-4,7-8H2,1H3,(H2,24,26,28). The molecule has 0 atom stereocenters. The fraction of sp³-hybridized carbons (Fsp3) is 0.333. The summed E-state index contributed by atoms with van der Waals surface area (Å²) in [6, 6.07) is 11.7. The smallest absolute Gasteiger partial charge is 0.320 e. The van der Waals surface area contributed by atoms with Crippen molar-refractivity contribution in [3.05, 3.63) is 47.7 Å². The van der Waals surface area contributed by atoms with E-state index in [-0.39, 0.29) is 12.1 Å². The summed E-state index contributed by atoms with van der Waals surface area (Å²) >= 11 is 0. The van der Waals surface area contributed by atoms with Crippen LogP contribution < -0.4 is 10.6 Å². The van der Waals surface area contributed by atoms with Crippen molar-refractivity contribution in [1.82, 2.24) is 20.1 Å². The highest BCUT2D eigenvalue weighted by molar-refractivity contribution is 5.90. The summed E-state index contributed by atoms with van der Waals surface area (Å²) < 4.78 is 1.51. The SMILES string of the molecule is Cc1cc(-n2ncc(C#N)c2NC(=O)NC2CCCCC2)nc2ccccc12. The fourth-order valence-corrected chi connectivity index (χ4v) is 3.74. The molecule has 0 saturated heterocycles. The molecule has 1 aliphatic rings. The second kappa shape index (κ2) is 7.69. The maximum atomic E-state index is 12.5. The zero-order valence-corrected chi connectivity index (χ0v) is 15.8. The van der Waals surface area contributed by atoms with Gasteiger partial charge < -0.3 is 5.32 Å². The molecule has 7 heteroatoms. The van der Waals surface area contributed by atoms with Gasteiger partial charge in [-0.2, -0.15) is 15.0 Å². The van der Waals surface area contributed by atoms with Gasteiger partial charge >= 0.3 is 6.03 Å². The van der Waals surface area contributed by atoms with Gasteiger partial charge in [-0.1, -0.05) is 37.5 Å². The summed E-state index contributed by atoms with van der Waals surface area (Å²) in [5.74, 6) is 0.892. The number of aryl methyl sites for hydroxylation is 1. The number of rotatable bonds is 3. The highest BCUT2D eigenvalue weighted by Gasteiger charge is 2.20. The summed E-state index contributed by atoms with van der Waals surface area (Å²) in [5.41, 5.74) is 2.18. The van der Waals surface area contributed by atoms with Crippen LogP contribution in [0.25, 0.3) is 16.7 Å². The van der Waals surface area contributed by atoms with Crippen LogP contribution in [-0.4, -0.2) is 26.8 Å². The van der Waals surface area contributed by atoms with Crippen molar-refractivity contribution in [3.8, 4) is 11.9 Å². The van der Waals surface area contributed by atoms with Crippen LogP contribution in [0.15, 0.2) is 36.5 Å². The number of nitrogens with zero attached hydrogens (tertiary/aromatic N) is 4. The van der Waals surface area contributed by atoms with E-state index in [0.29, 0.717) is 17.2 Å². The maximum absolute atomic E-state index is 12.5. The molecule has 4 rings (SSSR count). The molecule has 3 aromatic rings. The molecule has 142 valence electrons. The average Bonchev–Trinajstić information content (AvgIpc) is 3.11. The Balaban J connectivity index is 1.65. The van der Waals surface area contributed by atoms with E-state index < -0.39 is 0 Å². The molecule has 1 fully saturated rings. The minimum Gasteiger partial charge on any atom is -0.335 e. The lowest BCUT2D eigenvalue weighted by atomic mass is 9.96. The van der Waals surface area contributed by atoms with Crippen molar-refractivity contribution < 1.29 is 4.79 Å². The van der Waals surface area contributed by atoms with Gasteiger partial charge in [-0.15, -0.1) is 0 Å². The Labute approximate surface area is 163 Å². The highest BCUT2D eigenvalue weighted by Crippen LogP contribution is 2.24. The van der Waals surface area contributed by atoms with E-state index >= 15 is 0 Å². The van der Waals surface area contributed by atoms with Crippen molar-refractivity contribution >= 4 is 22.8 Å². The molecular weight excluding hydrogens is 352 g/mol. The molecule has 2 N–H and O–H groups in total. The molecule has 1 saturated carbocycles. The Morgan fingerprint density at radius 1 is 1.25 bits per heavy atom. The Kier molecular flexibility index (Phi) is 4.94. The fourth-order valence-electron chi connectivity index (χ4n) is 3.74. The van der Waals surface area contributed by atoms with Crippen LogP contribution in [0.1, 0.15) is 43.2 Å². The molecule has 0 radical (unpaired) electrons. The Morgan fingerprint density at radius 2 is 2.04 bits per heavy atom. The molecule has 2 amide bonds. The number of carbonyl (C=O) groups is 1. The van der Waals surface area contributed by atoms with Crippen LogP contribution in [0.3, 0.4) is 0 Å². The van der Waals surface area contributed by atoms with Gasteiger partial charge in [-0.3, -0.25) is 5.32 Å². The lowest BCUT2D eigenvalue weighted by molar-refractivity contribution is 0.244. The quantitative estimate of drug-likeness (QED) is 0.723. The number of anilines is 1. The third-order valence-electron chi connectivity index (χ3n) is 5.19. The second-order valence-corrected chi connectivity index (χ2v) is 7.18. The first-order valence-corrected chi connectivity index (χ1v) is 9.58. The van der Waals surface area contributed by atoms with Crippen molar-refractivity contribution in [2.45, 2.75) is 45.1 Å². The minimum absolute atomic E-state index is 0.177. The number of aromatic nitrogens is 3. The number of nitrogens with one attached hydrogen (secondary N) is 2. The first-order chi connectivity index (χ1) is 13.7. The Hall–Kier alpha value is -3.40. The molecule has 1 aromatic carbocycles. The minimum atomic E-state index is -0.317. The molecule has 2 heterocycles. The second-order valence-electron chi connectivity index (χ2n) is 7.18. The van der Waals surface area contributed by atoms with Crippen LogP contribution in [0, 0.1) is 18.3 Å². The zero-order valence-electron chi connectivity index (χ0n) is 15.8. The van der Waals surface area contributed by atoms with Gasteiger partial charge in [0.25, 0.3) is 0 Å². The lowest BCUT2D eigenvalue weighted by Crippen LogP contribution is -2.39. The first-order valence-electron chi connectivity index (χ1n) is 9.58. The summed E-state index contributed by atoms with van der Waals surface area (Å²) in [6.07, 6.45) is 6.91. The van der Waals surface area contributed by atoms with Crippen molar-refractivity contribution in [2.75, 3.05) is 5.32 Å². The number of hydrogen-bond acceptors (Lipinski definition) is 4. The summed E-state index contributed by atoms with van der Waals surface area (Å²) in [4.78, 5) is 17.2. The van der Waals surface area contributed by atoms with E-state index in [1.807, 2.05) is 37.3 Å². The third kappa shape index (κ3) is 3.54. The monoisotopic (exact) mass is 374 g/mol. The Morgan fingerprint density at radius 3 is 2.82 bits per heavy atom.